The minimum atomic E-state index is -0.256. The second-order valence-electron chi connectivity index (χ2n) is 5.25. The van der Waals surface area contributed by atoms with Gasteiger partial charge in [-0.25, -0.2) is 0 Å². The Morgan fingerprint density at radius 2 is 1.91 bits per heavy atom. The molecule has 1 aromatic carbocycles. The molecule has 0 fully saturated rings. The fourth-order valence-corrected chi connectivity index (χ4v) is 1.89. The van der Waals surface area contributed by atoms with Gasteiger partial charge >= 0.3 is 0 Å². The van der Waals surface area contributed by atoms with Crippen molar-refractivity contribution in [3.05, 3.63) is 47.3 Å². The standard InChI is InChI=1S/C16H20N4O2/c1-4-12-10-14(19-18-12)16(22)17-13-7-5-11(6-8-13)9-15(21)20(2)3/h5-8,10H,4,9H2,1-3H3,(H,17,22)(H,18,19). The Morgan fingerprint density at radius 1 is 1.23 bits per heavy atom. The van der Waals surface area contributed by atoms with Gasteiger partial charge in [0, 0.05) is 25.5 Å². The van der Waals surface area contributed by atoms with Crippen LogP contribution in [0.15, 0.2) is 30.3 Å². The first-order valence-corrected chi connectivity index (χ1v) is 7.14. The SMILES string of the molecule is CCc1cc(C(=O)Nc2ccc(CC(=O)N(C)C)cc2)n[nH]1. The molecule has 0 bridgehead atoms. The van der Waals surface area contributed by atoms with Crippen LogP contribution in [0.25, 0.3) is 0 Å². The number of rotatable bonds is 5. The van der Waals surface area contributed by atoms with Crippen LogP contribution in [-0.4, -0.2) is 41.0 Å². The van der Waals surface area contributed by atoms with Crippen LogP contribution in [0.3, 0.4) is 0 Å². The van der Waals surface area contributed by atoms with E-state index in [0.717, 1.165) is 17.7 Å². The average Bonchev–Trinajstić information content (AvgIpc) is 2.98. The minimum absolute atomic E-state index is 0.0420. The number of likely N-dealkylation sites (N-methyl/N-ethyl adjacent to an activating group) is 1. The van der Waals surface area contributed by atoms with Crippen LogP contribution in [0.5, 0.6) is 0 Å². The Kier molecular flexibility index (Phi) is 4.93. The van der Waals surface area contributed by atoms with Crippen molar-refractivity contribution in [2.75, 3.05) is 19.4 Å². The Balaban J connectivity index is 1.98. The van der Waals surface area contributed by atoms with Crippen LogP contribution in [0.2, 0.25) is 0 Å². The highest BCUT2D eigenvalue weighted by Crippen LogP contribution is 2.12. The van der Waals surface area contributed by atoms with E-state index < -0.39 is 0 Å². The molecule has 0 aliphatic carbocycles. The highest BCUT2D eigenvalue weighted by atomic mass is 16.2. The van der Waals surface area contributed by atoms with Gasteiger partial charge in [-0.05, 0) is 30.2 Å². The molecule has 6 heteroatoms. The quantitative estimate of drug-likeness (QED) is 0.884. The minimum Gasteiger partial charge on any atom is -0.349 e. The number of hydrogen-bond acceptors (Lipinski definition) is 3. The van der Waals surface area contributed by atoms with E-state index in [0.29, 0.717) is 17.8 Å². The van der Waals surface area contributed by atoms with Gasteiger partial charge in [0.1, 0.15) is 0 Å². The van der Waals surface area contributed by atoms with E-state index in [9.17, 15) is 9.59 Å². The molecule has 0 saturated heterocycles. The highest BCUT2D eigenvalue weighted by Gasteiger charge is 2.10. The number of aromatic nitrogens is 2. The lowest BCUT2D eigenvalue weighted by molar-refractivity contribution is -0.127. The number of carbonyl (C=O) groups excluding carboxylic acids is 2. The lowest BCUT2D eigenvalue weighted by Gasteiger charge is -2.10. The molecule has 0 radical (unpaired) electrons. The van der Waals surface area contributed by atoms with Gasteiger partial charge < -0.3 is 10.2 Å². The van der Waals surface area contributed by atoms with Crippen LogP contribution < -0.4 is 5.32 Å². The summed E-state index contributed by atoms with van der Waals surface area (Å²) in [5, 5.41) is 9.56. The van der Waals surface area contributed by atoms with Crippen molar-refractivity contribution in [2.45, 2.75) is 19.8 Å². The fraction of sp³-hybridized carbons (Fsp3) is 0.312. The Morgan fingerprint density at radius 3 is 2.45 bits per heavy atom. The smallest absolute Gasteiger partial charge is 0.276 e. The van der Waals surface area contributed by atoms with E-state index in [4.69, 9.17) is 0 Å². The van der Waals surface area contributed by atoms with E-state index in [1.807, 2.05) is 19.1 Å². The maximum absolute atomic E-state index is 12.0. The van der Waals surface area contributed by atoms with Crippen LogP contribution in [0.4, 0.5) is 5.69 Å². The molecule has 0 unspecified atom stereocenters. The average molecular weight is 300 g/mol. The monoisotopic (exact) mass is 300 g/mol. The third-order valence-corrected chi connectivity index (χ3v) is 3.31. The number of H-pyrrole nitrogens is 1. The van der Waals surface area contributed by atoms with Crippen LogP contribution >= 0.6 is 0 Å². The zero-order valence-corrected chi connectivity index (χ0v) is 13.0. The maximum atomic E-state index is 12.0. The Hall–Kier alpha value is -2.63. The molecule has 0 atom stereocenters. The number of amides is 2. The number of hydrogen-bond donors (Lipinski definition) is 2. The molecule has 0 aliphatic rings. The number of nitrogens with zero attached hydrogens (tertiary/aromatic N) is 2. The van der Waals surface area contributed by atoms with Gasteiger partial charge in [-0.3, -0.25) is 14.7 Å². The lowest BCUT2D eigenvalue weighted by atomic mass is 10.1. The van der Waals surface area contributed by atoms with Gasteiger partial charge in [-0.2, -0.15) is 5.10 Å². The van der Waals surface area contributed by atoms with Crippen LogP contribution in [0.1, 0.15) is 28.7 Å². The largest absolute Gasteiger partial charge is 0.349 e. The van der Waals surface area contributed by atoms with Crippen molar-refractivity contribution in [1.29, 1.82) is 0 Å². The summed E-state index contributed by atoms with van der Waals surface area (Å²) in [4.78, 5) is 25.2. The van der Waals surface area contributed by atoms with E-state index in [2.05, 4.69) is 15.5 Å². The summed E-state index contributed by atoms with van der Waals surface area (Å²) in [7, 11) is 3.46. The Labute approximate surface area is 129 Å². The maximum Gasteiger partial charge on any atom is 0.276 e. The summed E-state index contributed by atoms with van der Waals surface area (Å²) in [6.45, 7) is 1.99. The first-order valence-electron chi connectivity index (χ1n) is 7.14. The zero-order chi connectivity index (χ0) is 16.1. The molecular formula is C16H20N4O2. The summed E-state index contributed by atoms with van der Waals surface area (Å²) in [6.07, 6.45) is 1.15. The molecule has 0 spiro atoms. The highest BCUT2D eigenvalue weighted by molar-refractivity contribution is 6.02. The van der Waals surface area contributed by atoms with E-state index in [1.54, 1.807) is 37.2 Å². The van der Waals surface area contributed by atoms with E-state index in [-0.39, 0.29) is 11.8 Å². The van der Waals surface area contributed by atoms with Gasteiger partial charge in [-0.1, -0.05) is 19.1 Å². The predicted molar refractivity (Wildman–Crippen MR) is 84.8 cm³/mol. The van der Waals surface area contributed by atoms with Crippen molar-refractivity contribution in [3.63, 3.8) is 0 Å². The van der Waals surface area contributed by atoms with Gasteiger partial charge in [0.05, 0.1) is 6.42 Å². The summed E-state index contributed by atoms with van der Waals surface area (Å²) in [5.74, 6) is -0.214. The van der Waals surface area contributed by atoms with E-state index in [1.165, 1.54) is 0 Å². The van der Waals surface area contributed by atoms with Gasteiger partial charge in [0.25, 0.3) is 5.91 Å². The Bertz CT molecular complexity index is 659. The van der Waals surface area contributed by atoms with Crippen molar-refractivity contribution < 1.29 is 9.59 Å². The number of aromatic amines is 1. The molecule has 1 heterocycles. The van der Waals surface area contributed by atoms with Crippen molar-refractivity contribution >= 4 is 17.5 Å². The molecule has 2 N–H and O–H groups in total. The number of nitrogens with one attached hydrogen (secondary N) is 2. The molecule has 6 nitrogen and oxygen atoms in total. The van der Waals surface area contributed by atoms with Crippen molar-refractivity contribution in [1.82, 2.24) is 15.1 Å². The first-order chi connectivity index (χ1) is 10.5. The summed E-state index contributed by atoms with van der Waals surface area (Å²) < 4.78 is 0. The van der Waals surface area contributed by atoms with Gasteiger partial charge in [-0.15, -0.1) is 0 Å². The molecule has 2 aromatic rings. The second-order valence-corrected chi connectivity index (χ2v) is 5.25. The molecule has 116 valence electrons. The molecule has 0 saturated carbocycles. The third-order valence-electron chi connectivity index (χ3n) is 3.31. The molecule has 2 amide bonds. The number of anilines is 1. The van der Waals surface area contributed by atoms with Gasteiger partial charge in [0.15, 0.2) is 5.69 Å². The third kappa shape index (κ3) is 3.94. The summed E-state index contributed by atoms with van der Waals surface area (Å²) in [6, 6.07) is 8.96. The number of aryl methyl sites for hydroxylation is 1. The molecular weight excluding hydrogens is 280 g/mol. The van der Waals surface area contributed by atoms with Gasteiger partial charge in [0.2, 0.25) is 5.91 Å². The second kappa shape index (κ2) is 6.89. The summed E-state index contributed by atoms with van der Waals surface area (Å²) in [5.41, 5.74) is 2.86. The van der Waals surface area contributed by atoms with Crippen molar-refractivity contribution in [2.24, 2.45) is 0 Å². The summed E-state index contributed by atoms with van der Waals surface area (Å²) >= 11 is 0. The normalized spacial score (nSPS) is 10.3. The molecule has 22 heavy (non-hydrogen) atoms. The van der Waals surface area contributed by atoms with E-state index >= 15 is 0 Å². The van der Waals surface area contributed by atoms with Crippen LogP contribution in [-0.2, 0) is 17.6 Å². The fourth-order valence-electron chi connectivity index (χ4n) is 1.89. The zero-order valence-electron chi connectivity index (χ0n) is 13.0. The molecule has 0 aliphatic heterocycles. The topological polar surface area (TPSA) is 78.1 Å². The number of carbonyl (C=O) groups is 2. The molecule has 1 aromatic heterocycles. The lowest BCUT2D eigenvalue weighted by Crippen LogP contribution is -2.23. The predicted octanol–water partition coefficient (Wildman–Crippen LogP) is 1.86. The number of benzene rings is 1. The van der Waals surface area contributed by atoms with Crippen molar-refractivity contribution in [3.8, 4) is 0 Å². The molecule has 2 rings (SSSR count). The van der Waals surface area contributed by atoms with Crippen LogP contribution in [0, 0.1) is 0 Å². The first kappa shape index (κ1) is 15.8.